The fourth-order valence-corrected chi connectivity index (χ4v) is 2.79. The highest BCUT2D eigenvalue weighted by atomic mass is 35.5. The van der Waals surface area contributed by atoms with Crippen molar-refractivity contribution < 1.29 is 0 Å². The van der Waals surface area contributed by atoms with Crippen molar-refractivity contribution in [3.8, 4) is 0 Å². The monoisotopic (exact) mass is 252 g/mol. The zero-order valence-corrected chi connectivity index (χ0v) is 10.8. The molecule has 0 aliphatic heterocycles. The van der Waals surface area contributed by atoms with Crippen molar-refractivity contribution in [3.05, 3.63) is 44.4 Å². The fourth-order valence-electron chi connectivity index (χ4n) is 1.64. The molecule has 0 amide bonds. The molecule has 1 aromatic carbocycles. The first kappa shape index (κ1) is 11.4. The van der Waals surface area contributed by atoms with E-state index in [1.807, 2.05) is 32.0 Å². The van der Waals surface area contributed by atoms with Gasteiger partial charge in [0, 0.05) is 22.0 Å². The number of aryl methyl sites for hydroxylation is 2. The maximum Gasteiger partial charge on any atom is 0.0900 e. The average Bonchev–Trinajstić information content (AvgIpc) is 2.51. The van der Waals surface area contributed by atoms with Crippen LogP contribution in [-0.4, -0.2) is 4.98 Å². The normalized spacial score (nSPS) is 10.7. The number of hydrogen-bond donors (Lipinski definition) is 1. The van der Waals surface area contributed by atoms with Gasteiger partial charge >= 0.3 is 0 Å². The van der Waals surface area contributed by atoms with Crippen molar-refractivity contribution in [2.45, 2.75) is 20.3 Å². The van der Waals surface area contributed by atoms with Gasteiger partial charge in [-0.1, -0.05) is 11.6 Å². The minimum Gasteiger partial charge on any atom is -0.399 e. The number of thiazole rings is 1. The maximum absolute atomic E-state index is 6.13. The third-order valence-corrected chi connectivity index (χ3v) is 3.86. The molecule has 4 heteroatoms. The number of hydrogen-bond acceptors (Lipinski definition) is 3. The third-order valence-electron chi connectivity index (χ3n) is 2.42. The molecule has 0 unspecified atom stereocenters. The predicted molar refractivity (Wildman–Crippen MR) is 70.3 cm³/mol. The number of nitrogens with zero attached hydrogens (tertiary/aromatic N) is 1. The van der Waals surface area contributed by atoms with Gasteiger partial charge in [0.2, 0.25) is 0 Å². The molecular weight excluding hydrogens is 240 g/mol. The van der Waals surface area contributed by atoms with E-state index in [9.17, 15) is 0 Å². The Morgan fingerprint density at radius 1 is 1.38 bits per heavy atom. The quantitative estimate of drug-likeness (QED) is 0.830. The Kier molecular flexibility index (Phi) is 3.17. The van der Waals surface area contributed by atoms with Gasteiger partial charge in [0.25, 0.3) is 0 Å². The average molecular weight is 253 g/mol. The molecule has 2 aromatic rings. The minimum absolute atomic E-state index is 0.748. The van der Waals surface area contributed by atoms with Crippen LogP contribution in [0.15, 0.2) is 18.2 Å². The maximum atomic E-state index is 6.13. The SMILES string of the molecule is Cc1nc(C)c(Cc2cc(N)ccc2Cl)s1. The zero-order valence-electron chi connectivity index (χ0n) is 9.25. The predicted octanol–water partition coefficient (Wildman–Crippen LogP) is 3.59. The Hall–Kier alpha value is -1.06. The van der Waals surface area contributed by atoms with E-state index in [0.29, 0.717) is 0 Å². The molecule has 0 bridgehead atoms. The van der Waals surface area contributed by atoms with Crippen molar-refractivity contribution in [1.82, 2.24) is 4.98 Å². The van der Waals surface area contributed by atoms with Crippen LogP contribution in [0.1, 0.15) is 21.1 Å². The lowest BCUT2D eigenvalue weighted by Crippen LogP contribution is -1.92. The van der Waals surface area contributed by atoms with E-state index >= 15 is 0 Å². The van der Waals surface area contributed by atoms with Gasteiger partial charge in [-0.15, -0.1) is 11.3 Å². The Morgan fingerprint density at radius 2 is 2.12 bits per heavy atom. The van der Waals surface area contributed by atoms with Crippen molar-refractivity contribution in [1.29, 1.82) is 0 Å². The molecule has 16 heavy (non-hydrogen) atoms. The summed E-state index contributed by atoms with van der Waals surface area (Å²) >= 11 is 7.85. The van der Waals surface area contributed by atoms with E-state index in [-0.39, 0.29) is 0 Å². The summed E-state index contributed by atoms with van der Waals surface area (Å²) in [7, 11) is 0. The van der Waals surface area contributed by atoms with E-state index in [4.69, 9.17) is 17.3 Å². The number of benzene rings is 1. The van der Waals surface area contributed by atoms with Crippen LogP contribution in [0.5, 0.6) is 0 Å². The summed E-state index contributed by atoms with van der Waals surface area (Å²) in [6.45, 7) is 4.04. The zero-order chi connectivity index (χ0) is 11.7. The smallest absolute Gasteiger partial charge is 0.0900 e. The van der Waals surface area contributed by atoms with Crippen LogP contribution in [0.4, 0.5) is 5.69 Å². The molecule has 0 radical (unpaired) electrons. The van der Waals surface area contributed by atoms with E-state index in [1.165, 1.54) is 4.88 Å². The number of anilines is 1. The first-order valence-corrected chi connectivity index (χ1v) is 6.22. The molecule has 2 nitrogen and oxygen atoms in total. The molecular formula is C12H13ClN2S. The molecule has 1 aromatic heterocycles. The Morgan fingerprint density at radius 3 is 2.75 bits per heavy atom. The molecule has 2 rings (SSSR count). The van der Waals surface area contributed by atoms with Crippen LogP contribution in [0, 0.1) is 13.8 Å². The van der Waals surface area contributed by atoms with Crippen LogP contribution >= 0.6 is 22.9 Å². The summed E-state index contributed by atoms with van der Waals surface area (Å²) in [4.78, 5) is 5.66. The summed E-state index contributed by atoms with van der Waals surface area (Å²) in [5, 5.41) is 1.85. The van der Waals surface area contributed by atoms with Gasteiger partial charge in [-0.05, 0) is 37.6 Å². The molecule has 84 valence electrons. The molecule has 0 spiro atoms. The number of nitrogen functional groups attached to an aromatic ring is 1. The van der Waals surface area contributed by atoms with Crippen LogP contribution in [0.2, 0.25) is 5.02 Å². The van der Waals surface area contributed by atoms with Gasteiger partial charge in [0.05, 0.1) is 10.7 Å². The number of rotatable bonds is 2. The van der Waals surface area contributed by atoms with Gasteiger partial charge < -0.3 is 5.73 Å². The second-order valence-electron chi connectivity index (χ2n) is 3.77. The highest BCUT2D eigenvalue weighted by Crippen LogP contribution is 2.26. The third kappa shape index (κ3) is 2.36. The molecule has 2 N–H and O–H groups in total. The summed E-state index contributed by atoms with van der Waals surface area (Å²) < 4.78 is 0. The summed E-state index contributed by atoms with van der Waals surface area (Å²) in [5.74, 6) is 0. The molecule has 0 aliphatic rings. The number of halogens is 1. The second kappa shape index (κ2) is 4.44. The molecule has 1 heterocycles. The lowest BCUT2D eigenvalue weighted by atomic mass is 10.1. The lowest BCUT2D eigenvalue weighted by molar-refractivity contribution is 1.13. The number of nitrogens with two attached hydrogens (primary N) is 1. The molecule has 0 aliphatic carbocycles. The van der Waals surface area contributed by atoms with Crippen molar-refractivity contribution in [2.75, 3.05) is 5.73 Å². The van der Waals surface area contributed by atoms with E-state index in [0.717, 1.165) is 33.4 Å². The first-order chi connectivity index (χ1) is 7.56. The summed E-state index contributed by atoms with van der Waals surface area (Å²) in [5.41, 5.74) is 8.65. The topological polar surface area (TPSA) is 38.9 Å². The number of aromatic nitrogens is 1. The first-order valence-electron chi connectivity index (χ1n) is 5.03. The second-order valence-corrected chi connectivity index (χ2v) is 5.46. The Bertz CT molecular complexity index is 520. The molecule has 0 saturated heterocycles. The van der Waals surface area contributed by atoms with Crippen LogP contribution in [0.25, 0.3) is 0 Å². The lowest BCUT2D eigenvalue weighted by Gasteiger charge is -2.04. The van der Waals surface area contributed by atoms with Gasteiger partial charge in [0.1, 0.15) is 0 Å². The molecule has 0 saturated carbocycles. The van der Waals surface area contributed by atoms with E-state index in [1.54, 1.807) is 11.3 Å². The van der Waals surface area contributed by atoms with E-state index in [2.05, 4.69) is 4.98 Å². The van der Waals surface area contributed by atoms with Crippen molar-refractivity contribution >= 4 is 28.6 Å². The van der Waals surface area contributed by atoms with Gasteiger partial charge in [-0.25, -0.2) is 4.98 Å². The van der Waals surface area contributed by atoms with Gasteiger partial charge in [-0.2, -0.15) is 0 Å². The fraction of sp³-hybridized carbons (Fsp3) is 0.250. The highest BCUT2D eigenvalue weighted by molar-refractivity contribution is 7.11. The van der Waals surface area contributed by atoms with Gasteiger partial charge in [-0.3, -0.25) is 0 Å². The Labute approximate surface area is 104 Å². The minimum atomic E-state index is 0.748. The van der Waals surface area contributed by atoms with Crippen LogP contribution in [-0.2, 0) is 6.42 Å². The van der Waals surface area contributed by atoms with E-state index < -0.39 is 0 Å². The standard InChI is InChI=1S/C12H13ClN2S/c1-7-12(16-8(2)15-7)6-9-5-10(14)3-4-11(9)13/h3-5H,6,14H2,1-2H3. The summed E-state index contributed by atoms with van der Waals surface area (Å²) in [6.07, 6.45) is 0.807. The molecule has 0 atom stereocenters. The highest BCUT2D eigenvalue weighted by Gasteiger charge is 2.08. The van der Waals surface area contributed by atoms with Crippen molar-refractivity contribution in [3.63, 3.8) is 0 Å². The Balaban J connectivity index is 2.33. The summed E-state index contributed by atoms with van der Waals surface area (Å²) in [6, 6.07) is 5.59. The van der Waals surface area contributed by atoms with Crippen LogP contribution < -0.4 is 5.73 Å². The van der Waals surface area contributed by atoms with Crippen molar-refractivity contribution in [2.24, 2.45) is 0 Å². The van der Waals surface area contributed by atoms with Crippen LogP contribution in [0.3, 0.4) is 0 Å². The van der Waals surface area contributed by atoms with Gasteiger partial charge in [0.15, 0.2) is 0 Å². The molecule has 0 fully saturated rings. The largest absolute Gasteiger partial charge is 0.399 e.